The Bertz CT molecular complexity index is 362. The molecule has 1 aromatic carbocycles. The number of aliphatic hydroxyl groups is 1. The predicted molar refractivity (Wildman–Crippen MR) is 66.5 cm³/mol. The van der Waals surface area contributed by atoms with Crippen LogP contribution in [0.25, 0.3) is 0 Å². The van der Waals surface area contributed by atoms with Gasteiger partial charge in [0.05, 0.1) is 0 Å². The van der Waals surface area contributed by atoms with Crippen molar-refractivity contribution in [2.45, 2.75) is 32.7 Å². The van der Waals surface area contributed by atoms with Gasteiger partial charge in [0.1, 0.15) is 0 Å². The second-order valence-electron chi connectivity index (χ2n) is 4.94. The Kier molecular flexibility index (Phi) is 3.62. The highest BCUT2D eigenvalue weighted by Crippen LogP contribution is 2.29. The van der Waals surface area contributed by atoms with Gasteiger partial charge in [0.15, 0.2) is 0 Å². The van der Waals surface area contributed by atoms with Gasteiger partial charge in [0.25, 0.3) is 0 Å². The van der Waals surface area contributed by atoms with E-state index in [1.807, 2.05) is 0 Å². The van der Waals surface area contributed by atoms with E-state index in [-0.39, 0.29) is 0 Å². The standard InChI is InChI=1S/C14H21NO/c1-10-3-4-13(11(2)7-10)14-8-12(9-16)5-6-15-14/h3-4,7,12,14-16H,5-6,8-9H2,1-2H3. The number of aliphatic hydroxyl groups excluding tert-OH is 1. The summed E-state index contributed by atoms with van der Waals surface area (Å²) < 4.78 is 0. The quantitative estimate of drug-likeness (QED) is 0.800. The van der Waals surface area contributed by atoms with Crippen LogP contribution in [0.3, 0.4) is 0 Å². The molecule has 0 amide bonds. The van der Waals surface area contributed by atoms with Gasteiger partial charge in [-0.3, -0.25) is 0 Å². The SMILES string of the molecule is Cc1ccc(C2CC(CO)CCN2)c(C)c1. The largest absolute Gasteiger partial charge is 0.396 e. The van der Waals surface area contributed by atoms with Crippen LogP contribution in [-0.2, 0) is 0 Å². The summed E-state index contributed by atoms with van der Waals surface area (Å²) in [6.45, 7) is 5.64. The smallest absolute Gasteiger partial charge is 0.0460 e. The minimum atomic E-state index is 0.323. The van der Waals surface area contributed by atoms with Crippen molar-refractivity contribution in [3.8, 4) is 0 Å². The minimum absolute atomic E-state index is 0.323. The van der Waals surface area contributed by atoms with Gasteiger partial charge in [0, 0.05) is 12.6 Å². The van der Waals surface area contributed by atoms with Gasteiger partial charge >= 0.3 is 0 Å². The number of piperidine rings is 1. The van der Waals surface area contributed by atoms with Crippen LogP contribution in [-0.4, -0.2) is 18.3 Å². The molecule has 88 valence electrons. The first-order valence-electron chi connectivity index (χ1n) is 6.12. The molecule has 2 N–H and O–H groups in total. The molecule has 1 saturated heterocycles. The number of nitrogens with one attached hydrogen (secondary N) is 1. The van der Waals surface area contributed by atoms with Crippen LogP contribution in [0.2, 0.25) is 0 Å². The van der Waals surface area contributed by atoms with Crippen molar-refractivity contribution in [2.75, 3.05) is 13.2 Å². The zero-order valence-corrected chi connectivity index (χ0v) is 10.2. The molecule has 2 rings (SSSR count). The van der Waals surface area contributed by atoms with Crippen molar-refractivity contribution in [3.63, 3.8) is 0 Å². The molecule has 2 atom stereocenters. The Balaban J connectivity index is 2.16. The van der Waals surface area contributed by atoms with Crippen molar-refractivity contribution in [1.29, 1.82) is 0 Å². The molecule has 2 unspecified atom stereocenters. The van der Waals surface area contributed by atoms with E-state index < -0.39 is 0 Å². The van der Waals surface area contributed by atoms with Crippen LogP contribution < -0.4 is 5.32 Å². The molecule has 0 spiro atoms. The van der Waals surface area contributed by atoms with E-state index >= 15 is 0 Å². The topological polar surface area (TPSA) is 32.3 Å². The lowest BCUT2D eigenvalue weighted by Crippen LogP contribution is -2.33. The van der Waals surface area contributed by atoms with E-state index in [4.69, 9.17) is 0 Å². The average Bonchev–Trinajstić information content (AvgIpc) is 2.29. The van der Waals surface area contributed by atoms with E-state index in [0.29, 0.717) is 18.6 Å². The van der Waals surface area contributed by atoms with Crippen LogP contribution in [0.5, 0.6) is 0 Å². The Morgan fingerprint density at radius 1 is 1.38 bits per heavy atom. The van der Waals surface area contributed by atoms with Crippen molar-refractivity contribution >= 4 is 0 Å². The van der Waals surface area contributed by atoms with Crippen LogP contribution in [0, 0.1) is 19.8 Å². The number of hydrogen-bond acceptors (Lipinski definition) is 2. The Labute approximate surface area is 97.7 Å². The molecule has 1 aromatic rings. The first-order chi connectivity index (χ1) is 7.70. The highest BCUT2D eigenvalue weighted by atomic mass is 16.3. The molecule has 2 nitrogen and oxygen atoms in total. The third kappa shape index (κ3) is 2.45. The van der Waals surface area contributed by atoms with Crippen LogP contribution in [0.4, 0.5) is 0 Å². The maximum absolute atomic E-state index is 9.24. The molecule has 0 bridgehead atoms. The Morgan fingerprint density at radius 3 is 2.88 bits per heavy atom. The van der Waals surface area contributed by atoms with E-state index in [0.717, 1.165) is 19.4 Å². The maximum atomic E-state index is 9.24. The molecule has 1 heterocycles. The third-order valence-electron chi connectivity index (χ3n) is 3.57. The van der Waals surface area contributed by atoms with Crippen molar-refractivity contribution in [2.24, 2.45) is 5.92 Å². The molecule has 1 aliphatic rings. The minimum Gasteiger partial charge on any atom is -0.396 e. The van der Waals surface area contributed by atoms with Gasteiger partial charge in [-0.05, 0) is 50.3 Å². The molecule has 0 aliphatic carbocycles. The van der Waals surface area contributed by atoms with Crippen molar-refractivity contribution in [1.82, 2.24) is 5.32 Å². The fraction of sp³-hybridized carbons (Fsp3) is 0.571. The monoisotopic (exact) mass is 219 g/mol. The molecule has 0 radical (unpaired) electrons. The number of rotatable bonds is 2. The second kappa shape index (κ2) is 4.98. The van der Waals surface area contributed by atoms with Gasteiger partial charge in [-0.1, -0.05) is 23.8 Å². The fourth-order valence-corrected chi connectivity index (χ4v) is 2.62. The number of benzene rings is 1. The van der Waals surface area contributed by atoms with Gasteiger partial charge < -0.3 is 10.4 Å². The van der Waals surface area contributed by atoms with Crippen molar-refractivity contribution in [3.05, 3.63) is 34.9 Å². The molecule has 2 heteroatoms. The van der Waals surface area contributed by atoms with E-state index in [1.165, 1.54) is 16.7 Å². The van der Waals surface area contributed by atoms with Gasteiger partial charge in [-0.15, -0.1) is 0 Å². The average molecular weight is 219 g/mol. The first-order valence-corrected chi connectivity index (χ1v) is 6.12. The summed E-state index contributed by atoms with van der Waals surface area (Å²) in [6, 6.07) is 7.06. The zero-order valence-electron chi connectivity index (χ0n) is 10.2. The Hall–Kier alpha value is -0.860. The van der Waals surface area contributed by atoms with Crippen LogP contribution >= 0.6 is 0 Å². The molecular weight excluding hydrogens is 198 g/mol. The zero-order chi connectivity index (χ0) is 11.5. The molecule has 1 fully saturated rings. The Morgan fingerprint density at radius 2 is 2.19 bits per heavy atom. The van der Waals surface area contributed by atoms with E-state index in [2.05, 4.69) is 37.4 Å². The normalized spacial score (nSPS) is 25.7. The van der Waals surface area contributed by atoms with E-state index in [9.17, 15) is 5.11 Å². The fourth-order valence-electron chi connectivity index (χ4n) is 2.62. The molecule has 16 heavy (non-hydrogen) atoms. The summed E-state index contributed by atoms with van der Waals surface area (Å²) in [5.41, 5.74) is 4.07. The molecule has 0 aromatic heterocycles. The van der Waals surface area contributed by atoms with Gasteiger partial charge in [-0.25, -0.2) is 0 Å². The molecule has 1 aliphatic heterocycles. The summed E-state index contributed by atoms with van der Waals surface area (Å²) in [6.07, 6.45) is 2.15. The van der Waals surface area contributed by atoms with Crippen molar-refractivity contribution < 1.29 is 5.11 Å². The summed E-state index contributed by atoms with van der Waals surface area (Å²) in [4.78, 5) is 0. The summed E-state index contributed by atoms with van der Waals surface area (Å²) >= 11 is 0. The third-order valence-corrected chi connectivity index (χ3v) is 3.57. The lowest BCUT2D eigenvalue weighted by Gasteiger charge is -2.30. The van der Waals surface area contributed by atoms with Crippen LogP contribution in [0.1, 0.15) is 35.6 Å². The predicted octanol–water partition coefficient (Wildman–Crippen LogP) is 2.34. The highest BCUT2D eigenvalue weighted by molar-refractivity contribution is 5.33. The second-order valence-corrected chi connectivity index (χ2v) is 4.94. The first kappa shape index (κ1) is 11.6. The van der Waals surface area contributed by atoms with E-state index in [1.54, 1.807) is 0 Å². The molecular formula is C14H21NO. The number of aryl methyl sites for hydroxylation is 2. The maximum Gasteiger partial charge on any atom is 0.0460 e. The van der Waals surface area contributed by atoms with Crippen LogP contribution in [0.15, 0.2) is 18.2 Å². The lowest BCUT2D eigenvalue weighted by atomic mass is 9.87. The molecule has 0 saturated carbocycles. The van der Waals surface area contributed by atoms with Gasteiger partial charge in [0.2, 0.25) is 0 Å². The number of hydrogen-bond donors (Lipinski definition) is 2. The highest BCUT2D eigenvalue weighted by Gasteiger charge is 2.22. The lowest BCUT2D eigenvalue weighted by molar-refractivity contribution is 0.176. The summed E-state index contributed by atoms with van der Waals surface area (Å²) in [5, 5.41) is 12.8. The summed E-state index contributed by atoms with van der Waals surface area (Å²) in [7, 11) is 0. The summed E-state index contributed by atoms with van der Waals surface area (Å²) in [5.74, 6) is 0.465. The van der Waals surface area contributed by atoms with Gasteiger partial charge in [-0.2, -0.15) is 0 Å².